The number of methoxy groups -OCH3 is 1. The number of aliphatic carboxylic acids is 1. The summed E-state index contributed by atoms with van der Waals surface area (Å²) in [5, 5.41) is 11.8. The molecule has 9 heteroatoms. The molecule has 6 nitrogen and oxygen atoms in total. The van der Waals surface area contributed by atoms with Gasteiger partial charge in [0, 0.05) is 29.3 Å². The Labute approximate surface area is 205 Å². The van der Waals surface area contributed by atoms with Crippen LogP contribution in [0.2, 0.25) is 0 Å². The minimum atomic E-state index is -4.82. The number of alkyl halides is 3. The number of halogens is 3. The first-order chi connectivity index (χ1) is 17.1. The van der Waals surface area contributed by atoms with Crippen molar-refractivity contribution in [2.75, 3.05) is 7.11 Å². The van der Waals surface area contributed by atoms with E-state index in [4.69, 9.17) is 9.47 Å². The van der Waals surface area contributed by atoms with Crippen LogP contribution in [0, 0.1) is 6.92 Å². The maximum Gasteiger partial charge on any atom is 0.573 e. The Morgan fingerprint density at radius 2 is 1.69 bits per heavy atom. The molecule has 0 aliphatic carbocycles. The molecule has 1 atom stereocenters. The smallest absolute Gasteiger partial charge is 0.546 e. The number of carboxylic acid groups (broad SMARTS) is 1. The molecule has 0 spiro atoms. The van der Waals surface area contributed by atoms with E-state index < -0.39 is 18.4 Å². The summed E-state index contributed by atoms with van der Waals surface area (Å²) in [4.78, 5) is 11.0. The molecule has 4 rings (SSSR count). The van der Waals surface area contributed by atoms with Crippen LogP contribution in [0.1, 0.15) is 18.2 Å². The second-order valence-corrected chi connectivity index (χ2v) is 8.23. The molecule has 1 heterocycles. The number of carbonyl (C=O) groups is 1. The Bertz CT molecular complexity index is 1390. The van der Waals surface area contributed by atoms with Crippen LogP contribution in [0.3, 0.4) is 0 Å². The number of carboxylic acids is 1. The van der Waals surface area contributed by atoms with Crippen molar-refractivity contribution in [2.45, 2.75) is 32.9 Å². The van der Waals surface area contributed by atoms with Crippen LogP contribution in [0.5, 0.6) is 17.2 Å². The number of fused-ring (bicyclic) bond motifs is 1. The fourth-order valence-corrected chi connectivity index (χ4v) is 4.13. The molecule has 188 valence electrons. The molecule has 0 bridgehead atoms. The fourth-order valence-electron chi connectivity index (χ4n) is 4.13. The van der Waals surface area contributed by atoms with Crippen LogP contribution in [0.25, 0.3) is 22.0 Å². The van der Waals surface area contributed by atoms with E-state index in [9.17, 15) is 23.1 Å². The summed E-state index contributed by atoms with van der Waals surface area (Å²) in [6, 6.07) is 18.5. The summed E-state index contributed by atoms with van der Waals surface area (Å²) >= 11 is 0. The molecule has 0 aliphatic rings. The van der Waals surface area contributed by atoms with Gasteiger partial charge >= 0.3 is 6.36 Å². The van der Waals surface area contributed by atoms with Gasteiger partial charge in [-0.25, -0.2) is 0 Å². The van der Waals surface area contributed by atoms with Gasteiger partial charge in [-0.15, -0.1) is 13.2 Å². The Morgan fingerprint density at radius 1 is 1.00 bits per heavy atom. The van der Waals surface area contributed by atoms with E-state index in [0.717, 1.165) is 27.8 Å². The lowest BCUT2D eigenvalue weighted by Gasteiger charge is -2.16. The zero-order valence-electron chi connectivity index (χ0n) is 19.8. The summed E-state index contributed by atoms with van der Waals surface area (Å²) in [5.74, 6) is -0.637. The van der Waals surface area contributed by atoms with E-state index in [1.165, 1.54) is 19.1 Å². The van der Waals surface area contributed by atoms with Crippen molar-refractivity contribution >= 4 is 16.9 Å². The second-order valence-electron chi connectivity index (χ2n) is 8.23. The molecule has 1 aromatic heterocycles. The summed E-state index contributed by atoms with van der Waals surface area (Å²) in [5.41, 5.74) is 3.88. The lowest BCUT2D eigenvalue weighted by molar-refractivity contribution is -0.312. The van der Waals surface area contributed by atoms with Crippen molar-refractivity contribution < 1.29 is 37.3 Å². The van der Waals surface area contributed by atoms with Gasteiger partial charge < -0.3 is 28.7 Å². The van der Waals surface area contributed by atoms with Gasteiger partial charge in [-0.2, -0.15) is 0 Å². The Morgan fingerprint density at radius 3 is 2.33 bits per heavy atom. The van der Waals surface area contributed by atoms with Crippen molar-refractivity contribution in [3.8, 4) is 28.4 Å². The van der Waals surface area contributed by atoms with Crippen molar-refractivity contribution in [2.24, 2.45) is 0 Å². The number of hydrogen-bond acceptors (Lipinski definition) is 5. The summed E-state index contributed by atoms with van der Waals surface area (Å²) in [6.07, 6.45) is -5.96. The number of aromatic nitrogens is 1. The highest BCUT2D eigenvalue weighted by atomic mass is 19.4. The van der Waals surface area contributed by atoms with Crippen molar-refractivity contribution in [1.82, 2.24) is 4.57 Å². The molecular formula is C27H23F3NO5-. The Hall–Kier alpha value is -4.14. The van der Waals surface area contributed by atoms with E-state index in [1.807, 2.05) is 41.8 Å². The lowest BCUT2D eigenvalue weighted by atomic mass is 10.0. The van der Waals surface area contributed by atoms with Crippen LogP contribution in [0.4, 0.5) is 13.2 Å². The molecular weight excluding hydrogens is 475 g/mol. The van der Waals surface area contributed by atoms with Crippen LogP contribution in [0.15, 0.2) is 66.7 Å². The van der Waals surface area contributed by atoms with Crippen molar-refractivity contribution in [3.05, 3.63) is 78.0 Å². The minimum absolute atomic E-state index is 0.296. The van der Waals surface area contributed by atoms with E-state index in [2.05, 4.69) is 4.74 Å². The first-order valence-corrected chi connectivity index (χ1v) is 11.0. The van der Waals surface area contributed by atoms with Crippen LogP contribution < -0.4 is 19.3 Å². The summed E-state index contributed by atoms with van der Waals surface area (Å²) < 4.78 is 55.5. The first-order valence-electron chi connectivity index (χ1n) is 11.0. The van der Waals surface area contributed by atoms with Crippen molar-refractivity contribution in [3.63, 3.8) is 0 Å². The Kier molecular flexibility index (Phi) is 6.83. The Balaban J connectivity index is 1.81. The third-order valence-electron chi connectivity index (χ3n) is 5.79. The SMILES string of the molecule is COc1ccc(-c2c(C)n(Cc3cccc(O[C@H](C)C(=O)[O-])c3)c3cc(OC(F)(F)F)ccc23)cc1. The third kappa shape index (κ3) is 5.40. The average molecular weight is 498 g/mol. The molecule has 0 radical (unpaired) electrons. The number of benzene rings is 3. The largest absolute Gasteiger partial charge is 0.573 e. The van der Waals surface area contributed by atoms with Crippen LogP contribution in [-0.2, 0) is 11.3 Å². The highest BCUT2D eigenvalue weighted by Gasteiger charge is 2.31. The van der Waals surface area contributed by atoms with Gasteiger partial charge in [-0.05, 0) is 61.4 Å². The fraction of sp³-hybridized carbons (Fsp3) is 0.222. The molecule has 3 aromatic carbocycles. The predicted octanol–water partition coefficient (Wildman–Crippen LogP) is 5.09. The number of rotatable bonds is 8. The van der Waals surface area contributed by atoms with Gasteiger partial charge in [-0.1, -0.05) is 24.3 Å². The standard InChI is InChI=1S/C27H24F3NO5/c1-16-25(19-7-9-20(34-3)10-8-19)23-12-11-22(36-27(28,29)30)14-24(23)31(16)15-18-5-4-6-21(13-18)35-17(2)26(32)33/h4-14,17H,15H2,1-3H3,(H,32,33)/p-1/t17-/m1/s1. The minimum Gasteiger partial charge on any atom is -0.546 e. The lowest BCUT2D eigenvalue weighted by Crippen LogP contribution is -2.37. The maximum absolute atomic E-state index is 12.9. The van der Waals surface area contributed by atoms with E-state index >= 15 is 0 Å². The average Bonchev–Trinajstić information content (AvgIpc) is 3.09. The number of hydrogen-bond donors (Lipinski definition) is 0. The van der Waals surface area contributed by atoms with Gasteiger partial charge in [0.2, 0.25) is 0 Å². The first kappa shape index (κ1) is 25.0. The van der Waals surface area contributed by atoms with Gasteiger partial charge in [0.15, 0.2) is 0 Å². The molecule has 0 amide bonds. The number of ether oxygens (including phenoxy) is 3. The molecule has 0 aliphatic heterocycles. The van der Waals surface area contributed by atoms with E-state index in [-0.39, 0.29) is 5.75 Å². The van der Waals surface area contributed by atoms with Crippen LogP contribution >= 0.6 is 0 Å². The topological polar surface area (TPSA) is 72.8 Å². The highest BCUT2D eigenvalue weighted by molar-refractivity contribution is 5.98. The molecule has 0 saturated heterocycles. The van der Waals surface area contributed by atoms with Gasteiger partial charge in [0.05, 0.1) is 18.6 Å². The zero-order valence-corrected chi connectivity index (χ0v) is 19.8. The molecule has 0 N–H and O–H groups in total. The van der Waals surface area contributed by atoms with Gasteiger partial charge in [0.25, 0.3) is 0 Å². The molecule has 0 fully saturated rings. The number of carbonyl (C=O) groups excluding carboxylic acids is 1. The number of nitrogens with zero attached hydrogens (tertiary/aromatic N) is 1. The van der Waals surface area contributed by atoms with Gasteiger partial charge in [-0.3, -0.25) is 0 Å². The zero-order chi connectivity index (χ0) is 26.0. The highest BCUT2D eigenvalue weighted by Crippen LogP contribution is 2.38. The quantitative estimate of drug-likeness (QED) is 0.339. The molecule has 0 saturated carbocycles. The molecule has 36 heavy (non-hydrogen) atoms. The maximum atomic E-state index is 12.9. The predicted molar refractivity (Wildman–Crippen MR) is 126 cm³/mol. The van der Waals surface area contributed by atoms with E-state index in [1.54, 1.807) is 31.4 Å². The van der Waals surface area contributed by atoms with Crippen LogP contribution in [-0.4, -0.2) is 30.1 Å². The monoisotopic (exact) mass is 498 g/mol. The second kappa shape index (κ2) is 9.85. The summed E-state index contributed by atoms with van der Waals surface area (Å²) in [6.45, 7) is 3.56. The van der Waals surface area contributed by atoms with Crippen molar-refractivity contribution in [1.29, 1.82) is 0 Å². The normalized spacial score (nSPS) is 12.4. The third-order valence-corrected chi connectivity index (χ3v) is 5.79. The molecule has 0 unspecified atom stereocenters. The summed E-state index contributed by atoms with van der Waals surface area (Å²) in [7, 11) is 1.57. The van der Waals surface area contributed by atoms with E-state index in [0.29, 0.717) is 23.6 Å². The van der Waals surface area contributed by atoms with Gasteiger partial charge in [0.1, 0.15) is 23.4 Å². The molecule has 4 aromatic rings.